The predicted molar refractivity (Wildman–Crippen MR) is 70.0 cm³/mol. The van der Waals surface area contributed by atoms with E-state index < -0.39 is 6.10 Å². The van der Waals surface area contributed by atoms with Crippen LogP contribution in [0.1, 0.15) is 49.5 Å². The molecule has 1 atom stereocenters. The lowest BCUT2D eigenvalue weighted by atomic mass is 9.90. The number of benzene rings is 1. The molecule has 0 aliphatic rings. The fourth-order valence-corrected chi connectivity index (χ4v) is 2.35. The highest BCUT2D eigenvalue weighted by Gasteiger charge is 2.20. The summed E-state index contributed by atoms with van der Waals surface area (Å²) in [6.07, 6.45) is 1.50. The molecule has 0 aliphatic carbocycles. The second kappa shape index (κ2) is 5.70. The van der Waals surface area contributed by atoms with E-state index in [1.165, 1.54) is 11.1 Å². The first-order valence-corrected chi connectivity index (χ1v) is 6.33. The minimum Gasteiger partial charge on any atom is -0.388 e. The van der Waals surface area contributed by atoms with Crippen molar-refractivity contribution in [3.8, 4) is 0 Å². The molecule has 0 bridgehead atoms. The number of hydrogen-bond donors (Lipinski definition) is 1. The third kappa shape index (κ3) is 2.78. The van der Waals surface area contributed by atoms with E-state index in [0.29, 0.717) is 10.9 Å². The minimum atomic E-state index is -0.443. The zero-order chi connectivity index (χ0) is 12.3. The van der Waals surface area contributed by atoms with Crippen molar-refractivity contribution in [1.82, 2.24) is 0 Å². The SMILES string of the molecule is CCC(CC)C(O)c1cc(C)c(C)cc1Cl. The molecule has 0 fully saturated rings. The summed E-state index contributed by atoms with van der Waals surface area (Å²) in [6, 6.07) is 3.96. The molecule has 1 N–H and O–H groups in total. The molecule has 0 saturated carbocycles. The summed E-state index contributed by atoms with van der Waals surface area (Å²) in [5.74, 6) is 0.291. The molecule has 2 heteroatoms. The van der Waals surface area contributed by atoms with Gasteiger partial charge in [0.15, 0.2) is 0 Å². The number of aliphatic hydroxyl groups is 1. The zero-order valence-corrected chi connectivity index (χ0v) is 11.3. The Hall–Kier alpha value is -0.530. The second-order valence-corrected chi connectivity index (χ2v) is 4.89. The molecule has 1 unspecified atom stereocenters. The van der Waals surface area contributed by atoms with Crippen LogP contribution in [0.2, 0.25) is 5.02 Å². The first kappa shape index (κ1) is 13.5. The number of hydrogen-bond acceptors (Lipinski definition) is 1. The quantitative estimate of drug-likeness (QED) is 0.826. The van der Waals surface area contributed by atoms with Crippen LogP contribution in [0.4, 0.5) is 0 Å². The van der Waals surface area contributed by atoms with Crippen LogP contribution >= 0.6 is 11.6 Å². The van der Waals surface area contributed by atoms with Crippen molar-refractivity contribution in [2.24, 2.45) is 5.92 Å². The second-order valence-electron chi connectivity index (χ2n) is 4.48. The average molecular weight is 241 g/mol. The van der Waals surface area contributed by atoms with Gasteiger partial charge in [-0.15, -0.1) is 0 Å². The summed E-state index contributed by atoms with van der Waals surface area (Å²) in [4.78, 5) is 0. The highest BCUT2D eigenvalue weighted by molar-refractivity contribution is 6.31. The van der Waals surface area contributed by atoms with E-state index in [0.717, 1.165) is 18.4 Å². The van der Waals surface area contributed by atoms with Gasteiger partial charge >= 0.3 is 0 Å². The van der Waals surface area contributed by atoms with E-state index >= 15 is 0 Å². The summed E-state index contributed by atoms with van der Waals surface area (Å²) in [6.45, 7) is 8.29. The van der Waals surface area contributed by atoms with E-state index in [4.69, 9.17) is 11.6 Å². The fraction of sp³-hybridized carbons (Fsp3) is 0.571. The standard InChI is InChI=1S/C14H21ClO/c1-5-11(6-2)14(16)12-7-9(3)10(4)8-13(12)15/h7-8,11,14,16H,5-6H2,1-4H3. The average Bonchev–Trinajstić information content (AvgIpc) is 2.25. The number of halogens is 1. The molecule has 0 heterocycles. The third-order valence-electron chi connectivity index (χ3n) is 3.43. The van der Waals surface area contributed by atoms with E-state index in [2.05, 4.69) is 20.8 Å². The molecule has 90 valence electrons. The summed E-state index contributed by atoms with van der Waals surface area (Å²) < 4.78 is 0. The molecule has 1 aromatic rings. The highest BCUT2D eigenvalue weighted by Crippen LogP contribution is 2.33. The van der Waals surface area contributed by atoms with Crippen LogP contribution in [-0.2, 0) is 0 Å². The molecule has 16 heavy (non-hydrogen) atoms. The van der Waals surface area contributed by atoms with Gasteiger partial charge in [0, 0.05) is 5.02 Å². The summed E-state index contributed by atoms with van der Waals surface area (Å²) in [5, 5.41) is 11.0. The Balaban J connectivity index is 3.07. The van der Waals surface area contributed by atoms with Gasteiger partial charge in [-0.1, -0.05) is 44.4 Å². The third-order valence-corrected chi connectivity index (χ3v) is 3.75. The Morgan fingerprint density at radius 2 is 1.62 bits per heavy atom. The van der Waals surface area contributed by atoms with Crippen LogP contribution in [0, 0.1) is 19.8 Å². The molecular formula is C14H21ClO. The lowest BCUT2D eigenvalue weighted by molar-refractivity contribution is 0.103. The first-order chi connectivity index (χ1) is 7.51. The van der Waals surface area contributed by atoms with Crippen LogP contribution in [0.15, 0.2) is 12.1 Å². The molecule has 1 nitrogen and oxygen atoms in total. The Labute approximate surface area is 103 Å². The largest absolute Gasteiger partial charge is 0.388 e. The van der Waals surface area contributed by atoms with Crippen molar-refractivity contribution < 1.29 is 5.11 Å². The van der Waals surface area contributed by atoms with Gasteiger partial charge in [-0.3, -0.25) is 0 Å². The minimum absolute atomic E-state index is 0.291. The molecule has 0 spiro atoms. The van der Waals surface area contributed by atoms with Crippen molar-refractivity contribution in [2.75, 3.05) is 0 Å². The van der Waals surface area contributed by atoms with Crippen molar-refractivity contribution in [2.45, 2.75) is 46.6 Å². The van der Waals surface area contributed by atoms with E-state index in [1.807, 2.05) is 19.1 Å². The molecule has 0 radical (unpaired) electrons. The van der Waals surface area contributed by atoms with Crippen molar-refractivity contribution in [1.29, 1.82) is 0 Å². The molecule has 0 amide bonds. The van der Waals surface area contributed by atoms with Crippen LogP contribution in [0.5, 0.6) is 0 Å². The normalized spacial score (nSPS) is 13.2. The summed E-state index contributed by atoms with van der Waals surface area (Å²) in [7, 11) is 0. The van der Waals surface area contributed by atoms with Gasteiger partial charge in [-0.2, -0.15) is 0 Å². The summed E-state index contributed by atoms with van der Waals surface area (Å²) >= 11 is 6.19. The maximum absolute atomic E-state index is 10.3. The molecule has 0 aliphatic heterocycles. The smallest absolute Gasteiger partial charge is 0.0832 e. The maximum Gasteiger partial charge on any atom is 0.0832 e. The van der Waals surface area contributed by atoms with Crippen molar-refractivity contribution in [3.63, 3.8) is 0 Å². The Bertz CT molecular complexity index is 356. The van der Waals surface area contributed by atoms with Gasteiger partial charge in [0.1, 0.15) is 0 Å². The Morgan fingerprint density at radius 3 is 2.12 bits per heavy atom. The van der Waals surface area contributed by atoms with Crippen molar-refractivity contribution >= 4 is 11.6 Å². The van der Waals surface area contributed by atoms with Gasteiger partial charge in [-0.05, 0) is 42.5 Å². The molecule has 1 aromatic carbocycles. The predicted octanol–water partition coefficient (Wildman–Crippen LogP) is 4.43. The van der Waals surface area contributed by atoms with E-state index in [-0.39, 0.29) is 0 Å². The highest BCUT2D eigenvalue weighted by atomic mass is 35.5. The van der Waals surface area contributed by atoms with Gasteiger partial charge in [0.05, 0.1) is 6.10 Å². The van der Waals surface area contributed by atoms with Crippen LogP contribution in [0.25, 0.3) is 0 Å². The molecular weight excluding hydrogens is 220 g/mol. The molecule has 1 rings (SSSR count). The van der Waals surface area contributed by atoms with Gasteiger partial charge in [0.25, 0.3) is 0 Å². The van der Waals surface area contributed by atoms with Crippen molar-refractivity contribution in [3.05, 3.63) is 33.8 Å². The Morgan fingerprint density at radius 1 is 1.12 bits per heavy atom. The van der Waals surface area contributed by atoms with Crippen LogP contribution in [-0.4, -0.2) is 5.11 Å². The lowest BCUT2D eigenvalue weighted by Crippen LogP contribution is -2.11. The maximum atomic E-state index is 10.3. The lowest BCUT2D eigenvalue weighted by Gasteiger charge is -2.22. The zero-order valence-electron chi connectivity index (χ0n) is 10.5. The van der Waals surface area contributed by atoms with Gasteiger partial charge in [-0.25, -0.2) is 0 Å². The van der Waals surface area contributed by atoms with Crippen LogP contribution < -0.4 is 0 Å². The topological polar surface area (TPSA) is 20.2 Å². The van der Waals surface area contributed by atoms with E-state index in [9.17, 15) is 5.11 Å². The molecule has 0 aromatic heterocycles. The molecule has 0 saturated heterocycles. The fourth-order valence-electron chi connectivity index (χ4n) is 2.02. The monoisotopic (exact) mass is 240 g/mol. The van der Waals surface area contributed by atoms with Crippen LogP contribution in [0.3, 0.4) is 0 Å². The number of aliphatic hydroxyl groups excluding tert-OH is 1. The van der Waals surface area contributed by atoms with Gasteiger partial charge in [0.2, 0.25) is 0 Å². The van der Waals surface area contributed by atoms with Gasteiger partial charge < -0.3 is 5.11 Å². The first-order valence-electron chi connectivity index (χ1n) is 5.95. The summed E-state index contributed by atoms with van der Waals surface area (Å²) in [5.41, 5.74) is 3.23. The Kier molecular flexibility index (Phi) is 4.82. The number of rotatable bonds is 4. The number of aryl methyl sites for hydroxylation is 2. The van der Waals surface area contributed by atoms with E-state index in [1.54, 1.807) is 0 Å².